The summed E-state index contributed by atoms with van der Waals surface area (Å²) in [6.07, 6.45) is 1.73. The van der Waals surface area contributed by atoms with Crippen LogP contribution in [0.1, 0.15) is 45.1 Å². The summed E-state index contributed by atoms with van der Waals surface area (Å²) in [5.41, 5.74) is 7.27. The number of hydrogen-bond acceptors (Lipinski definition) is 3. The number of carbonyl (C=O) groups excluding carboxylic acids is 1. The number of rotatable bonds is 5. The van der Waals surface area contributed by atoms with Crippen LogP contribution in [0.15, 0.2) is 24.3 Å². The molecule has 1 aromatic rings. The van der Waals surface area contributed by atoms with Crippen LogP contribution in [0.25, 0.3) is 0 Å². The van der Waals surface area contributed by atoms with Crippen molar-refractivity contribution >= 4 is 11.7 Å². The largest absolute Gasteiger partial charge is 0.462 e. The van der Waals surface area contributed by atoms with Crippen LogP contribution in [0.4, 0.5) is 5.69 Å². The summed E-state index contributed by atoms with van der Waals surface area (Å²) in [6.45, 7) is 5.89. The van der Waals surface area contributed by atoms with Crippen LogP contribution in [0, 0.1) is 0 Å². The Labute approximate surface area is 103 Å². The molecule has 0 aliphatic carbocycles. The molecular weight excluding hydrogens is 214 g/mol. The highest BCUT2D eigenvalue weighted by Crippen LogP contribution is 2.20. The fourth-order valence-electron chi connectivity index (χ4n) is 1.69. The lowest BCUT2D eigenvalue weighted by atomic mass is 10.0. The van der Waals surface area contributed by atoms with Gasteiger partial charge in [-0.05, 0) is 37.5 Å². The average Bonchev–Trinajstić information content (AvgIpc) is 2.34. The zero-order valence-corrected chi connectivity index (χ0v) is 10.8. The van der Waals surface area contributed by atoms with Gasteiger partial charge in [0, 0.05) is 5.69 Å². The summed E-state index contributed by atoms with van der Waals surface area (Å²) >= 11 is 0. The second-order valence-corrected chi connectivity index (χ2v) is 4.27. The number of carbonyl (C=O) groups is 1. The maximum atomic E-state index is 11.9. The van der Waals surface area contributed by atoms with Gasteiger partial charge in [-0.1, -0.05) is 26.0 Å². The molecule has 0 saturated carbocycles. The molecule has 1 rings (SSSR count). The van der Waals surface area contributed by atoms with Crippen LogP contribution >= 0.6 is 0 Å². The monoisotopic (exact) mass is 235 g/mol. The van der Waals surface area contributed by atoms with E-state index in [9.17, 15) is 4.79 Å². The van der Waals surface area contributed by atoms with Crippen molar-refractivity contribution < 1.29 is 9.53 Å². The number of esters is 1. The minimum Gasteiger partial charge on any atom is -0.462 e. The van der Waals surface area contributed by atoms with Crippen molar-refractivity contribution in [1.82, 2.24) is 0 Å². The number of benzene rings is 1. The summed E-state index contributed by atoms with van der Waals surface area (Å²) in [5.74, 6) is -0.441. The number of ether oxygens (including phenoxy) is 1. The van der Waals surface area contributed by atoms with Crippen LogP contribution in [0.2, 0.25) is 0 Å². The molecule has 1 atom stereocenters. The standard InChI is InChI=1S/C14H21NO2/c1-4-13(5-2)17-14(16)10(3)11-7-6-8-12(15)9-11/h6-10,13H,4-5,15H2,1-3H3. The molecule has 94 valence electrons. The molecule has 0 saturated heterocycles. The lowest BCUT2D eigenvalue weighted by molar-refractivity contribution is -0.150. The van der Waals surface area contributed by atoms with Crippen molar-refractivity contribution in [3.8, 4) is 0 Å². The zero-order valence-electron chi connectivity index (χ0n) is 10.8. The molecule has 0 aromatic heterocycles. The smallest absolute Gasteiger partial charge is 0.313 e. The molecule has 0 amide bonds. The predicted octanol–water partition coefficient (Wildman–Crippen LogP) is 3.10. The Kier molecular flexibility index (Phi) is 5.01. The number of anilines is 1. The highest BCUT2D eigenvalue weighted by Gasteiger charge is 2.19. The van der Waals surface area contributed by atoms with Crippen molar-refractivity contribution in [1.29, 1.82) is 0 Å². The van der Waals surface area contributed by atoms with Gasteiger partial charge >= 0.3 is 5.97 Å². The van der Waals surface area contributed by atoms with E-state index in [1.807, 2.05) is 45.0 Å². The van der Waals surface area contributed by atoms with E-state index in [-0.39, 0.29) is 18.0 Å². The molecule has 0 aliphatic rings. The summed E-state index contributed by atoms with van der Waals surface area (Å²) in [6, 6.07) is 7.38. The van der Waals surface area contributed by atoms with Gasteiger partial charge in [0.05, 0.1) is 5.92 Å². The summed E-state index contributed by atoms with van der Waals surface area (Å²) in [7, 11) is 0. The molecule has 0 spiro atoms. The predicted molar refractivity (Wildman–Crippen MR) is 69.7 cm³/mol. The Morgan fingerprint density at radius 2 is 2.00 bits per heavy atom. The summed E-state index contributed by atoms with van der Waals surface area (Å²) in [5, 5.41) is 0. The first-order valence-electron chi connectivity index (χ1n) is 6.14. The van der Waals surface area contributed by atoms with Crippen molar-refractivity contribution in [2.24, 2.45) is 0 Å². The SMILES string of the molecule is CCC(CC)OC(=O)C(C)c1cccc(N)c1. The van der Waals surface area contributed by atoms with Gasteiger partial charge < -0.3 is 10.5 Å². The Hall–Kier alpha value is -1.51. The second kappa shape index (κ2) is 6.28. The normalized spacial score (nSPS) is 12.5. The molecule has 3 nitrogen and oxygen atoms in total. The quantitative estimate of drug-likeness (QED) is 0.630. The van der Waals surface area contributed by atoms with E-state index in [0.29, 0.717) is 5.69 Å². The molecular formula is C14H21NO2. The van der Waals surface area contributed by atoms with Crippen LogP contribution in [0.3, 0.4) is 0 Å². The molecule has 1 unspecified atom stereocenters. The fraction of sp³-hybridized carbons (Fsp3) is 0.500. The van der Waals surface area contributed by atoms with Crippen LogP contribution in [0.5, 0.6) is 0 Å². The first-order chi connectivity index (χ1) is 8.08. The van der Waals surface area contributed by atoms with Crippen molar-refractivity contribution in [3.63, 3.8) is 0 Å². The maximum Gasteiger partial charge on any atom is 0.313 e. The van der Waals surface area contributed by atoms with Gasteiger partial charge in [-0.2, -0.15) is 0 Å². The lowest BCUT2D eigenvalue weighted by Crippen LogP contribution is -2.20. The lowest BCUT2D eigenvalue weighted by Gasteiger charge is -2.18. The molecule has 0 heterocycles. The minimum atomic E-state index is -0.265. The van der Waals surface area contributed by atoms with E-state index in [0.717, 1.165) is 18.4 Å². The third kappa shape index (κ3) is 3.77. The molecule has 2 N–H and O–H groups in total. The van der Waals surface area contributed by atoms with Crippen LogP contribution in [-0.2, 0) is 9.53 Å². The van der Waals surface area contributed by atoms with Crippen molar-refractivity contribution in [2.45, 2.75) is 45.6 Å². The molecule has 0 radical (unpaired) electrons. The Bertz CT molecular complexity index is 372. The second-order valence-electron chi connectivity index (χ2n) is 4.27. The van der Waals surface area contributed by atoms with Gasteiger partial charge in [-0.25, -0.2) is 0 Å². The van der Waals surface area contributed by atoms with Gasteiger partial charge in [0.1, 0.15) is 6.10 Å². The third-order valence-corrected chi connectivity index (χ3v) is 2.96. The van der Waals surface area contributed by atoms with Gasteiger partial charge in [-0.15, -0.1) is 0 Å². The fourth-order valence-corrected chi connectivity index (χ4v) is 1.69. The first-order valence-corrected chi connectivity index (χ1v) is 6.14. The average molecular weight is 235 g/mol. The number of nitrogen functional groups attached to an aromatic ring is 1. The van der Waals surface area contributed by atoms with Crippen LogP contribution in [-0.4, -0.2) is 12.1 Å². The highest BCUT2D eigenvalue weighted by molar-refractivity contribution is 5.78. The molecule has 0 aliphatic heterocycles. The minimum absolute atomic E-state index is 0.0195. The Balaban J connectivity index is 2.69. The first kappa shape index (κ1) is 13.6. The van der Waals surface area contributed by atoms with E-state index in [1.54, 1.807) is 0 Å². The molecule has 3 heteroatoms. The summed E-state index contributed by atoms with van der Waals surface area (Å²) in [4.78, 5) is 11.9. The van der Waals surface area contributed by atoms with E-state index >= 15 is 0 Å². The molecule has 1 aromatic carbocycles. The summed E-state index contributed by atoms with van der Waals surface area (Å²) < 4.78 is 5.43. The van der Waals surface area contributed by atoms with Gasteiger partial charge in [-0.3, -0.25) is 4.79 Å². The van der Waals surface area contributed by atoms with Gasteiger partial charge in [0.25, 0.3) is 0 Å². The topological polar surface area (TPSA) is 52.3 Å². The van der Waals surface area contributed by atoms with Gasteiger partial charge in [0.15, 0.2) is 0 Å². The molecule has 17 heavy (non-hydrogen) atoms. The number of hydrogen-bond donors (Lipinski definition) is 1. The van der Waals surface area contributed by atoms with Crippen molar-refractivity contribution in [3.05, 3.63) is 29.8 Å². The highest BCUT2D eigenvalue weighted by atomic mass is 16.5. The Morgan fingerprint density at radius 1 is 1.35 bits per heavy atom. The zero-order chi connectivity index (χ0) is 12.8. The molecule has 0 fully saturated rings. The third-order valence-electron chi connectivity index (χ3n) is 2.96. The molecule has 0 bridgehead atoms. The van der Waals surface area contributed by atoms with E-state index in [2.05, 4.69) is 0 Å². The Morgan fingerprint density at radius 3 is 2.53 bits per heavy atom. The van der Waals surface area contributed by atoms with E-state index < -0.39 is 0 Å². The van der Waals surface area contributed by atoms with Crippen molar-refractivity contribution in [2.75, 3.05) is 5.73 Å². The van der Waals surface area contributed by atoms with Crippen LogP contribution < -0.4 is 5.73 Å². The van der Waals surface area contributed by atoms with Gasteiger partial charge in [0.2, 0.25) is 0 Å². The van der Waals surface area contributed by atoms with E-state index in [4.69, 9.17) is 10.5 Å². The maximum absolute atomic E-state index is 11.9. The number of nitrogens with two attached hydrogens (primary N) is 1. The van der Waals surface area contributed by atoms with E-state index in [1.165, 1.54) is 0 Å².